The maximum Gasteiger partial charge on any atom is 0.238 e. The summed E-state index contributed by atoms with van der Waals surface area (Å²) >= 11 is 0. The zero-order chi connectivity index (χ0) is 15.6. The number of Topliss-reactive ketones (excluding diaryl/α,β-unsaturated/α-hetero) is 1. The number of likely N-dealkylation sites (tertiary alicyclic amines) is 1. The van der Waals surface area contributed by atoms with Gasteiger partial charge < -0.3 is 4.90 Å². The number of amides is 1. The Morgan fingerprint density at radius 2 is 1.76 bits per heavy atom. The summed E-state index contributed by atoms with van der Waals surface area (Å²) in [4.78, 5) is 23.8. The molecule has 0 saturated carbocycles. The molecule has 0 atom stereocenters. The largest absolute Gasteiger partial charge is 0.341 e. The van der Waals surface area contributed by atoms with Crippen molar-refractivity contribution < 1.29 is 26.8 Å². The van der Waals surface area contributed by atoms with Crippen molar-refractivity contribution in [2.45, 2.75) is 17.7 Å². The summed E-state index contributed by atoms with van der Waals surface area (Å²) in [5.74, 6) is -3.89. The molecule has 0 spiro atoms. The molecular formula is C13H13F2NO4S. The van der Waals surface area contributed by atoms with E-state index in [1.54, 1.807) is 0 Å². The van der Waals surface area contributed by atoms with E-state index in [-0.39, 0.29) is 31.7 Å². The first-order valence-corrected chi connectivity index (χ1v) is 7.92. The summed E-state index contributed by atoms with van der Waals surface area (Å²) < 4.78 is 49.9. The van der Waals surface area contributed by atoms with E-state index < -0.39 is 38.0 Å². The standard InChI is InChI=1S/C13H13F2NO4S/c14-11-2-1-10(7-12(11)15)21(19,20)8-13(18)16-5-3-9(17)4-6-16/h1-2,7H,3-6,8H2. The number of piperidine rings is 1. The van der Waals surface area contributed by atoms with Crippen molar-refractivity contribution in [3.8, 4) is 0 Å². The van der Waals surface area contributed by atoms with Gasteiger partial charge in [-0.15, -0.1) is 0 Å². The molecule has 0 unspecified atom stereocenters. The Labute approximate surface area is 120 Å². The normalized spacial score (nSPS) is 16.1. The first-order chi connectivity index (χ1) is 9.79. The zero-order valence-electron chi connectivity index (χ0n) is 11.0. The second kappa shape index (κ2) is 5.88. The van der Waals surface area contributed by atoms with Crippen LogP contribution in [0.15, 0.2) is 23.1 Å². The van der Waals surface area contributed by atoms with E-state index in [0.717, 1.165) is 6.07 Å². The third-order valence-electron chi connectivity index (χ3n) is 3.24. The second-order valence-corrected chi connectivity index (χ2v) is 6.74. The monoisotopic (exact) mass is 317 g/mol. The smallest absolute Gasteiger partial charge is 0.238 e. The van der Waals surface area contributed by atoms with Crippen LogP contribution in [0.3, 0.4) is 0 Å². The number of carbonyl (C=O) groups excluding carboxylic acids is 2. The highest BCUT2D eigenvalue weighted by Crippen LogP contribution is 2.16. The van der Waals surface area contributed by atoms with Crippen LogP contribution in [0.5, 0.6) is 0 Å². The quantitative estimate of drug-likeness (QED) is 0.778. The van der Waals surface area contributed by atoms with Crippen molar-refractivity contribution in [1.29, 1.82) is 0 Å². The maximum absolute atomic E-state index is 13.1. The highest BCUT2D eigenvalue weighted by molar-refractivity contribution is 7.92. The molecule has 21 heavy (non-hydrogen) atoms. The summed E-state index contributed by atoms with van der Waals surface area (Å²) in [6.45, 7) is 0.371. The number of hydrogen-bond donors (Lipinski definition) is 0. The van der Waals surface area contributed by atoms with Gasteiger partial charge >= 0.3 is 0 Å². The topological polar surface area (TPSA) is 71.5 Å². The maximum atomic E-state index is 13.1. The van der Waals surface area contributed by atoms with Gasteiger partial charge in [-0.25, -0.2) is 17.2 Å². The highest BCUT2D eigenvalue weighted by Gasteiger charge is 2.26. The number of carbonyl (C=O) groups is 2. The van der Waals surface area contributed by atoms with E-state index in [2.05, 4.69) is 0 Å². The van der Waals surface area contributed by atoms with Crippen molar-refractivity contribution >= 4 is 21.5 Å². The van der Waals surface area contributed by atoms with Crippen LogP contribution in [-0.4, -0.2) is 43.9 Å². The van der Waals surface area contributed by atoms with Crippen LogP contribution in [0.4, 0.5) is 8.78 Å². The van der Waals surface area contributed by atoms with Crippen LogP contribution in [0.2, 0.25) is 0 Å². The molecular weight excluding hydrogens is 304 g/mol. The lowest BCUT2D eigenvalue weighted by atomic mass is 10.1. The van der Waals surface area contributed by atoms with Crippen molar-refractivity contribution in [2.75, 3.05) is 18.8 Å². The van der Waals surface area contributed by atoms with Crippen LogP contribution in [0.1, 0.15) is 12.8 Å². The molecule has 1 aromatic rings. The average Bonchev–Trinajstić information content (AvgIpc) is 2.42. The minimum atomic E-state index is -4.04. The van der Waals surface area contributed by atoms with Gasteiger partial charge in [0.15, 0.2) is 21.5 Å². The molecule has 0 aliphatic carbocycles. The van der Waals surface area contributed by atoms with Gasteiger partial charge in [-0.2, -0.15) is 0 Å². The van der Waals surface area contributed by atoms with Gasteiger partial charge in [0.2, 0.25) is 5.91 Å². The van der Waals surface area contributed by atoms with Gasteiger partial charge in [0.05, 0.1) is 4.90 Å². The molecule has 114 valence electrons. The first-order valence-electron chi connectivity index (χ1n) is 6.27. The number of halogens is 2. The Morgan fingerprint density at radius 3 is 2.33 bits per heavy atom. The zero-order valence-corrected chi connectivity index (χ0v) is 11.8. The van der Waals surface area contributed by atoms with E-state index in [0.29, 0.717) is 12.1 Å². The predicted molar refractivity (Wildman–Crippen MR) is 69.2 cm³/mol. The Balaban J connectivity index is 2.11. The first kappa shape index (κ1) is 15.6. The van der Waals surface area contributed by atoms with Gasteiger partial charge in [0, 0.05) is 25.9 Å². The van der Waals surface area contributed by atoms with E-state index >= 15 is 0 Å². The third-order valence-corrected chi connectivity index (χ3v) is 4.84. The van der Waals surface area contributed by atoms with E-state index in [1.807, 2.05) is 0 Å². The van der Waals surface area contributed by atoms with E-state index in [4.69, 9.17) is 0 Å². The van der Waals surface area contributed by atoms with Gasteiger partial charge in [-0.05, 0) is 18.2 Å². The van der Waals surface area contributed by atoms with Gasteiger partial charge in [0.25, 0.3) is 0 Å². The molecule has 1 heterocycles. The van der Waals surface area contributed by atoms with Crippen LogP contribution in [0, 0.1) is 11.6 Å². The minimum absolute atomic E-state index is 0.0301. The Kier molecular flexibility index (Phi) is 4.36. The molecule has 0 radical (unpaired) electrons. The molecule has 1 aliphatic rings. The summed E-state index contributed by atoms with van der Waals surface area (Å²) in [7, 11) is -4.04. The Hall–Kier alpha value is -1.83. The van der Waals surface area contributed by atoms with Crippen molar-refractivity contribution in [3.05, 3.63) is 29.8 Å². The average molecular weight is 317 g/mol. The molecule has 1 saturated heterocycles. The molecule has 0 bridgehead atoms. The number of benzene rings is 1. The fourth-order valence-corrected chi connectivity index (χ4v) is 3.25. The Bertz CT molecular complexity index is 677. The molecule has 1 amide bonds. The minimum Gasteiger partial charge on any atom is -0.341 e. The summed E-state index contributed by atoms with van der Waals surface area (Å²) in [5.41, 5.74) is 0. The molecule has 2 rings (SSSR count). The number of ketones is 1. The lowest BCUT2D eigenvalue weighted by molar-refractivity contribution is -0.132. The SMILES string of the molecule is O=C1CCN(C(=O)CS(=O)(=O)c2ccc(F)c(F)c2)CC1. The van der Waals surface area contributed by atoms with Crippen LogP contribution in [0.25, 0.3) is 0 Å². The number of nitrogens with zero attached hydrogens (tertiary/aromatic N) is 1. The van der Waals surface area contributed by atoms with Crippen molar-refractivity contribution in [2.24, 2.45) is 0 Å². The fourth-order valence-electron chi connectivity index (χ4n) is 2.01. The van der Waals surface area contributed by atoms with Crippen LogP contribution >= 0.6 is 0 Å². The molecule has 0 N–H and O–H groups in total. The van der Waals surface area contributed by atoms with Gasteiger partial charge in [-0.3, -0.25) is 9.59 Å². The third kappa shape index (κ3) is 3.63. The highest BCUT2D eigenvalue weighted by atomic mass is 32.2. The molecule has 1 aromatic carbocycles. The van der Waals surface area contributed by atoms with Gasteiger partial charge in [0.1, 0.15) is 11.5 Å². The predicted octanol–water partition coefficient (Wildman–Crippen LogP) is 0.930. The van der Waals surface area contributed by atoms with Gasteiger partial charge in [-0.1, -0.05) is 0 Å². The molecule has 0 aromatic heterocycles. The molecule has 1 fully saturated rings. The molecule has 8 heteroatoms. The van der Waals surface area contributed by atoms with Crippen molar-refractivity contribution in [3.63, 3.8) is 0 Å². The van der Waals surface area contributed by atoms with Crippen molar-refractivity contribution in [1.82, 2.24) is 4.90 Å². The number of rotatable bonds is 3. The lowest BCUT2D eigenvalue weighted by Gasteiger charge is -2.25. The van der Waals surface area contributed by atoms with E-state index in [1.165, 1.54) is 4.90 Å². The summed E-state index contributed by atoms with van der Waals surface area (Å²) in [6.07, 6.45) is 0.411. The second-order valence-electron chi connectivity index (χ2n) is 4.75. The lowest BCUT2D eigenvalue weighted by Crippen LogP contribution is -2.41. The number of sulfone groups is 1. The molecule has 5 nitrogen and oxygen atoms in total. The number of hydrogen-bond acceptors (Lipinski definition) is 4. The fraction of sp³-hybridized carbons (Fsp3) is 0.385. The van der Waals surface area contributed by atoms with Crippen LogP contribution < -0.4 is 0 Å². The van der Waals surface area contributed by atoms with Crippen LogP contribution in [-0.2, 0) is 19.4 Å². The molecule has 1 aliphatic heterocycles. The summed E-state index contributed by atoms with van der Waals surface area (Å²) in [5, 5.41) is 0. The summed E-state index contributed by atoms with van der Waals surface area (Å²) in [6, 6.07) is 2.17. The van der Waals surface area contributed by atoms with E-state index in [9.17, 15) is 26.8 Å². The Morgan fingerprint density at radius 1 is 1.14 bits per heavy atom.